The summed E-state index contributed by atoms with van der Waals surface area (Å²) in [7, 11) is -3.68. The number of hydrogen-bond donors (Lipinski definition) is 1. The normalized spacial score (nSPS) is 11.0. The van der Waals surface area contributed by atoms with Crippen LogP contribution in [0.1, 0.15) is 5.56 Å². The van der Waals surface area contributed by atoms with Gasteiger partial charge in [0.25, 0.3) is 0 Å². The average Bonchev–Trinajstić information content (AvgIpc) is 2.69. The Labute approximate surface area is 181 Å². The summed E-state index contributed by atoms with van der Waals surface area (Å²) >= 11 is 5.93. The molecule has 1 amide bonds. The van der Waals surface area contributed by atoms with Crippen LogP contribution in [0.25, 0.3) is 0 Å². The number of nitrogens with zero attached hydrogens (tertiary/aromatic N) is 1. The number of sulfonamides is 1. The number of anilines is 2. The molecule has 30 heavy (non-hydrogen) atoms. The van der Waals surface area contributed by atoms with Gasteiger partial charge in [-0.25, -0.2) is 8.42 Å². The minimum atomic E-state index is -3.68. The number of para-hydroxylation sites is 1. The molecular weight excluding hydrogens is 424 g/mol. The highest BCUT2D eigenvalue weighted by molar-refractivity contribution is 7.92. The first kappa shape index (κ1) is 21.7. The number of ether oxygens (including phenoxy) is 1. The lowest BCUT2D eigenvalue weighted by atomic mass is 10.2. The summed E-state index contributed by atoms with van der Waals surface area (Å²) in [4.78, 5) is 12.5. The molecule has 0 atom stereocenters. The summed E-state index contributed by atoms with van der Waals surface area (Å²) in [5.74, 6) is 0.762. The summed E-state index contributed by atoms with van der Waals surface area (Å²) in [5.41, 5.74) is 1.72. The van der Waals surface area contributed by atoms with E-state index in [9.17, 15) is 13.2 Å². The van der Waals surface area contributed by atoms with Crippen molar-refractivity contribution in [2.75, 3.05) is 22.4 Å². The smallest absolute Gasteiger partial charge is 0.245 e. The number of amides is 1. The predicted molar refractivity (Wildman–Crippen MR) is 120 cm³/mol. The lowest BCUT2D eigenvalue weighted by Gasteiger charge is -2.22. The highest BCUT2D eigenvalue weighted by Gasteiger charge is 2.21. The zero-order chi connectivity index (χ0) is 21.7. The zero-order valence-corrected chi connectivity index (χ0v) is 18.1. The van der Waals surface area contributed by atoms with Gasteiger partial charge in [0.1, 0.15) is 18.0 Å². The van der Waals surface area contributed by atoms with Crippen LogP contribution in [0.4, 0.5) is 11.4 Å². The van der Waals surface area contributed by atoms with E-state index in [-0.39, 0.29) is 6.54 Å². The Morgan fingerprint density at radius 1 is 1.00 bits per heavy atom. The average molecular weight is 445 g/mol. The van der Waals surface area contributed by atoms with Crippen LogP contribution in [0.15, 0.2) is 72.8 Å². The Hall–Kier alpha value is -3.03. The third kappa shape index (κ3) is 5.75. The second-order valence-corrected chi connectivity index (χ2v) is 9.03. The Bertz CT molecular complexity index is 1130. The molecule has 8 heteroatoms. The number of rotatable bonds is 7. The first-order chi connectivity index (χ1) is 14.2. The quantitative estimate of drug-likeness (QED) is 0.565. The van der Waals surface area contributed by atoms with E-state index in [2.05, 4.69) is 5.32 Å². The summed E-state index contributed by atoms with van der Waals surface area (Å²) < 4.78 is 31.4. The highest BCUT2D eigenvalue weighted by atomic mass is 35.5. The van der Waals surface area contributed by atoms with Crippen LogP contribution >= 0.6 is 11.6 Å². The maximum absolute atomic E-state index is 12.5. The number of carbonyl (C=O) groups is 1. The minimum Gasteiger partial charge on any atom is -0.457 e. The van der Waals surface area contributed by atoms with Crippen molar-refractivity contribution in [3.63, 3.8) is 0 Å². The van der Waals surface area contributed by atoms with E-state index in [1.165, 1.54) is 0 Å². The van der Waals surface area contributed by atoms with Crippen molar-refractivity contribution in [2.45, 2.75) is 6.92 Å². The maximum atomic E-state index is 12.5. The fourth-order valence-electron chi connectivity index (χ4n) is 2.79. The summed E-state index contributed by atoms with van der Waals surface area (Å²) in [6.45, 7) is 1.45. The zero-order valence-electron chi connectivity index (χ0n) is 16.5. The molecule has 0 aliphatic carbocycles. The van der Waals surface area contributed by atoms with Gasteiger partial charge in [0.2, 0.25) is 15.9 Å². The van der Waals surface area contributed by atoms with Crippen molar-refractivity contribution >= 4 is 38.9 Å². The summed E-state index contributed by atoms with van der Waals surface area (Å²) in [6.07, 6.45) is 1.06. The van der Waals surface area contributed by atoms with Crippen LogP contribution in [-0.4, -0.2) is 27.1 Å². The number of carbonyl (C=O) groups excluding carboxylic acids is 1. The molecular formula is C22H21ClN2O4S. The lowest BCUT2D eigenvalue weighted by Crippen LogP contribution is -2.37. The largest absolute Gasteiger partial charge is 0.457 e. The Balaban J connectivity index is 1.75. The topological polar surface area (TPSA) is 75.7 Å². The molecule has 0 bridgehead atoms. The van der Waals surface area contributed by atoms with Crippen molar-refractivity contribution in [3.8, 4) is 11.5 Å². The molecule has 0 spiro atoms. The standard InChI is InChI=1S/C22H21ClN2O4S/c1-16-14-17(23)8-13-21(16)24-22(26)15-25(30(2,27)28)18-9-11-20(12-10-18)29-19-6-4-3-5-7-19/h3-14H,15H2,1-2H3,(H,24,26). The molecule has 0 saturated carbocycles. The molecule has 0 radical (unpaired) electrons. The molecule has 3 rings (SSSR count). The molecule has 3 aromatic rings. The van der Waals surface area contributed by atoms with Gasteiger partial charge in [-0.3, -0.25) is 9.10 Å². The molecule has 0 fully saturated rings. The molecule has 0 unspecified atom stereocenters. The van der Waals surface area contributed by atoms with Crippen LogP contribution in [0.5, 0.6) is 11.5 Å². The van der Waals surface area contributed by atoms with E-state index in [1.807, 2.05) is 30.3 Å². The molecule has 3 aromatic carbocycles. The maximum Gasteiger partial charge on any atom is 0.245 e. The van der Waals surface area contributed by atoms with Gasteiger partial charge in [0, 0.05) is 10.7 Å². The van der Waals surface area contributed by atoms with Crippen molar-refractivity contribution < 1.29 is 17.9 Å². The third-order valence-electron chi connectivity index (χ3n) is 4.25. The van der Waals surface area contributed by atoms with Gasteiger partial charge < -0.3 is 10.1 Å². The van der Waals surface area contributed by atoms with Gasteiger partial charge in [-0.2, -0.15) is 0 Å². The molecule has 156 valence electrons. The van der Waals surface area contributed by atoms with Gasteiger partial charge in [0.15, 0.2) is 0 Å². The first-order valence-electron chi connectivity index (χ1n) is 9.09. The monoisotopic (exact) mass is 444 g/mol. The number of hydrogen-bond acceptors (Lipinski definition) is 4. The van der Waals surface area contributed by atoms with Crippen LogP contribution in [0.3, 0.4) is 0 Å². The van der Waals surface area contributed by atoms with Gasteiger partial charge in [-0.15, -0.1) is 0 Å². The number of benzene rings is 3. The number of aryl methyl sites for hydroxylation is 1. The molecule has 0 aliphatic heterocycles. The third-order valence-corrected chi connectivity index (χ3v) is 5.63. The minimum absolute atomic E-state index is 0.361. The van der Waals surface area contributed by atoms with Crippen LogP contribution in [0, 0.1) is 6.92 Å². The van der Waals surface area contributed by atoms with Gasteiger partial charge in [0.05, 0.1) is 11.9 Å². The highest BCUT2D eigenvalue weighted by Crippen LogP contribution is 2.26. The molecule has 0 saturated heterocycles. The van der Waals surface area contributed by atoms with E-state index in [0.717, 1.165) is 16.1 Å². The van der Waals surface area contributed by atoms with Crippen LogP contribution in [0.2, 0.25) is 5.02 Å². The second kappa shape index (κ2) is 9.19. The van der Waals surface area contributed by atoms with Crippen LogP contribution in [-0.2, 0) is 14.8 Å². The second-order valence-electron chi connectivity index (χ2n) is 6.69. The Kier molecular flexibility index (Phi) is 6.64. The first-order valence-corrected chi connectivity index (χ1v) is 11.3. The van der Waals surface area contributed by atoms with E-state index in [4.69, 9.17) is 16.3 Å². The van der Waals surface area contributed by atoms with Gasteiger partial charge in [-0.1, -0.05) is 29.8 Å². The van der Waals surface area contributed by atoms with Crippen LogP contribution < -0.4 is 14.4 Å². The number of nitrogens with one attached hydrogen (secondary N) is 1. The Morgan fingerprint density at radius 3 is 2.23 bits per heavy atom. The number of halogens is 1. The van der Waals surface area contributed by atoms with Crippen molar-refractivity contribution in [1.29, 1.82) is 0 Å². The van der Waals surface area contributed by atoms with Crippen molar-refractivity contribution in [1.82, 2.24) is 0 Å². The van der Waals surface area contributed by atoms with E-state index < -0.39 is 15.9 Å². The molecule has 0 heterocycles. The molecule has 6 nitrogen and oxygen atoms in total. The van der Waals surface area contributed by atoms with E-state index in [1.54, 1.807) is 49.4 Å². The molecule has 0 aromatic heterocycles. The van der Waals surface area contributed by atoms with E-state index in [0.29, 0.717) is 27.9 Å². The summed E-state index contributed by atoms with van der Waals surface area (Å²) in [6, 6.07) is 20.8. The molecule has 0 aliphatic rings. The SMILES string of the molecule is Cc1cc(Cl)ccc1NC(=O)CN(c1ccc(Oc2ccccc2)cc1)S(C)(=O)=O. The van der Waals surface area contributed by atoms with E-state index >= 15 is 0 Å². The van der Waals surface area contributed by atoms with Gasteiger partial charge >= 0.3 is 0 Å². The predicted octanol–water partition coefficient (Wildman–Crippen LogP) is 4.85. The Morgan fingerprint density at radius 2 is 1.63 bits per heavy atom. The van der Waals surface area contributed by atoms with Crippen molar-refractivity contribution in [2.24, 2.45) is 0 Å². The summed E-state index contributed by atoms with van der Waals surface area (Å²) in [5, 5.41) is 3.28. The van der Waals surface area contributed by atoms with Gasteiger partial charge in [-0.05, 0) is 67.1 Å². The lowest BCUT2D eigenvalue weighted by molar-refractivity contribution is -0.114. The fourth-order valence-corrected chi connectivity index (χ4v) is 3.88. The molecule has 1 N–H and O–H groups in total. The fraction of sp³-hybridized carbons (Fsp3) is 0.136. The van der Waals surface area contributed by atoms with Crippen molar-refractivity contribution in [3.05, 3.63) is 83.4 Å².